The van der Waals surface area contributed by atoms with E-state index in [9.17, 15) is 4.79 Å². The summed E-state index contributed by atoms with van der Waals surface area (Å²) in [7, 11) is 0. The molecule has 0 saturated carbocycles. The summed E-state index contributed by atoms with van der Waals surface area (Å²) >= 11 is 0. The Labute approximate surface area is 77.3 Å². The van der Waals surface area contributed by atoms with Crippen molar-refractivity contribution in [2.45, 2.75) is 25.3 Å². The van der Waals surface area contributed by atoms with Crippen molar-refractivity contribution in [1.29, 1.82) is 0 Å². The normalized spacial score (nSPS) is 32.2. The molecular formula is C9H15NO3. The van der Waals surface area contributed by atoms with Crippen LogP contribution in [0.3, 0.4) is 0 Å². The number of hydrogen-bond donors (Lipinski definition) is 2. The van der Waals surface area contributed by atoms with Gasteiger partial charge in [-0.15, -0.1) is 0 Å². The first-order chi connectivity index (χ1) is 6.22. The summed E-state index contributed by atoms with van der Waals surface area (Å²) < 4.78 is 5.28. The molecule has 4 nitrogen and oxygen atoms in total. The van der Waals surface area contributed by atoms with Gasteiger partial charge in [0, 0.05) is 19.8 Å². The Morgan fingerprint density at radius 2 is 2.15 bits per heavy atom. The first kappa shape index (κ1) is 8.97. The Morgan fingerprint density at radius 1 is 1.46 bits per heavy atom. The minimum absolute atomic E-state index is 0.210. The van der Waals surface area contributed by atoms with Crippen LogP contribution in [0.15, 0.2) is 0 Å². The monoisotopic (exact) mass is 185 g/mol. The highest BCUT2D eigenvalue weighted by molar-refractivity contribution is 5.74. The van der Waals surface area contributed by atoms with E-state index in [1.54, 1.807) is 0 Å². The maximum absolute atomic E-state index is 10.7. The van der Waals surface area contributed by atoms with Gasteiger partial charge < -0.3 is 15.2 Å². The van der Waals surface area contributed by atoms with E-state index in [4.69, 9.17) is 9.84 Å². The van der Waals surface area contributed by atoms with Gasteiger partial charge in [0.15, 0.2) is 0 Å². The van der Waals surface area contributed by atoms with Crippen molar-refractivity contribution in [2.24, 2.45) is 5.41 Å². The maximum atomic E-state index is 10.7. The number of carboxylic acids is 1. The Bertz CT molecular complexity index is 211. The zero-order valence-corrected chi connectivity index (χ0v) is 7.58. The lowest BCUT2D eigenvalue weighted by atomic mass is 9.78. The van der Waals surface area contributed by atoms with Crippen molar-refractivity contribution in [3.63, 3.8) is 0 Å². The molecular weight excluding hydrogens is 170 g/mol. The number of nitrogens with one attached hydrogen (secondary N) is 1. The molecule has 1 atom stereocenters. The molecule has 0 aliphatic carbocycles. The molecule has 0 aromatic rings. The molecule has 2 fully saturated rings. The average molecular weight is 185 g/mol. The number of carbonyl (C=O) groups is 1. The van der Waals surface area contributed by atoms with Crippen LogP contribution < -0.4 is 5.32 Å². The summed E-state index contributed by atoms with van der Waals surface area (Å²) in [6.07, 6.45) is 2.78. The van der Waals surface area contributed by atoms with Crippen LogP contribution in [-0.4, -0.2) is 36.9 Å². The number of aliphatic carboxylic acids is 1. The Kier molecular flexibility index (Phi) is 2.26. The van der Waals surface area contributed by atoms with E-state index in [1.165, 1.54) is 0 Å². The Hall–Kier alpha value is -0.610. The molecule has 1 spiro atoms. The standard InChI is InChI=1S/C9H15NO3/c11-8(12)7-5-9(6-10-7)1-3-13-4-2-9/h7,10H,1-6H2,(H,11,12). The van der Waals surface area contributed by atoms with Gasteiger partial charge in [0.05, 0.1) is 0 Å². The molecule has 13 heavy (non-hydrogen) atoms. The number of rotatable bonds is 1. The predicted octanol–water partition coefficient (Wildman–Crippen LogP) is 0.230. The molecule has 2 rings (SSSR count). The highest BCUT2D eigenvalue weighted by Crippen LogP contribution is 2.38. The number of hydrogen-bond acceptors (Lipinski definition) is 3. The van der Waals surface area contributed by atoms with E-state index >= 15 is 0 Å². The first-order valence-corrected chi connectivity index (χ1v) is 4.76. The van der Waals surface area contributed by atoms with Crippen molar-refractivity contribution >= 4 is 5.97 Å². The van der Waals surface area contributed by atoms with Gasteiger partial charge in [0.25, 0.3) is 0 Å². The molecule has 0 amide bonds. The molecule has 0 bridgehead atoms. The van der Waals surface area contributed by atoms with Gasteiger partial charge >= 0.3 is 5.97 Å². The minimum Gasteiger partial charge on any atom is -0.480 e. The molecule has 2 N–H and O–H groups in total. The fourth-order valence-electron chi connectivity index (χ4n) is 2.28. The highest BCUT2D eigenvalue weighted by Gasteiger charge is 2.42. The fraction of sp³-hybridized carbons (Fsp3) is 0.889. The fourth-order valence-corrected chi connectivity index (χ4v) is 2.28. The third-order valence-electron chi connectivity index (χ3n) is 3.21. The topological polar surface area (TPSA) is 58.6 Å². The highest BCUT2D eigenvalue weighted by atomic mass is 16.5. The van der Waals surface area contributed by atoms with Crippen LogP contribution >= 0.6 is 0 Å². The smallest absolute Gasteiger partial charge is 0.320 e. The van der Waals surface area contributed by atoms with Crippen molar-refractivity contribution < 1.29 is 14.6 Å². The van der Waals surface area contributed by atoms with Gasteiger partial charge in [-0.3, -0.25) is 4.79 Å². The third kappa shape index (κ3) is 1.69. The van der Waals surface area contributed by atoms with E-state index < -0.39 is 5.97 Å². The van der Waals surface area contributed by atoms with Crippen LogP contribution in [0.25, 0.3) is 0 Å². The van der Waals surface area contributed by atoms with Gasteiger partial charge in [-0.05, 0) is 24.7 Å². The number of ether oxygens (including phenoxy) is 1. The molecule has 2 aliphatic rings. The summed E-state index contributed by atoms with van der Waals surface area (Å²) in [6, 6.07) is -0.335. The van der Waals surface area contributed by atoms with Crippen molar-refractivity contribution in [2.75, 3.05) is 19.8 Å². The maximum Gasteiger partial charge on any atom is 0.320 e. The predicted molar refractivity (Wildman–Crippen MR) is 46.5 cm³/mol. The molecule has 2 heterocycles. The molecule has 2 aliphatic heterocycles. The van der Waals surface area contributed by atoms with Gasteiger partial charge in [0.1, 0.15) is 6.04 Å². The molecule has 1 unspecified atom stereocenters. The zero-order valence-electron chi connectivity index (χ0n) is 7.58. The van der Waals surface area contributed by atoms with E-state index in [0.717, 1.165) is 39.0 Å². The second kappa shape index (κ2) is 3.27. The van der Waals surface area contributed by atoms with E-state index in [0.29, 0.717) is 0 Å². The van der Waals surface area contributed by atoms with Crippen molar-refractivity contribution in [3.05, 3.63) is 0 Å². The summed E-state index contributed by atoms with van der Waals surface area (Å²) in [5.41, 5.74) is 0.210. The van der Waals surface area contributed by atoms with Crippen LogP contribution in [0, 0.1) is 5.41 Å². The lowest BCUT2D eigenvalue weighted by Gasteiger charge is -2.32. The van der Waals surface area contributed by atoms with E-state index in [-0.39, 0.29) is 11.5 Å². The summed E-state index contributed by atoms with van der Waals surface area (Å²) in [6.45, 7) is 2.41. The van der Waals surface area contributed by atoms with Crippen LogP contribution in [0.5, 0.6) is 0 Å². The van der Waals surface area contributed by atoms with Gasteiger partial charge in [-0.1, -0.05) is 0 Å². The molecule has 0 aromatic heterocycles. The first-order valence-electron chi connectivity index (χ1n) is 4.76. The van der Waals surface area contributed by atoms with Crippen LogP contribution in [0.2, 0.25) is 0 Å². The second-order valence-electron chi connectivity index (χ2n) is 4.09. The Morgan fingerprint density at radius 3 is 2.69 bits per heavy atom. The van der Waals surface area contributed by atoms with Crippen LogP contribution in [-0.2, 0) is 9.53 Å². The zero-order chi connectivity index (χ0) is 9.31. The van der Waals surface area contributed by atoms with Gasteiger partial charge in [-0.2, -0.15) is 0 Å². The van der Waals surface area contributed by atoms with E-state index in [1.807, 2.05) is 0 Å². The van der Waals surface area contributed by atoms with E-state index in [2.05, 4.69) is 5.32 Å². The summed E-state index contributed by atoms with van der Waals surface area (Å²) in [5.74, 6) is -0.719. The largest absolute Gasteiger partial charge is 0.480 e. The quantitative estimate of drug-likeness (QED) is 0.614. The lowest BCUT2D eigenvalue weighted by Crippen LogP contribution is -2.31. The molecule has 74 valence electrons. The summed E-state index contributed by atoms with van der Waals surface area (Å²) in [5, 5.41) is 11.9. The molecule has 2 saturated heterocycles. The van der Waals surface area contributed by atoms with Crippen molar-refractivity contribution in [3.8, 4) is 0 Å². The van der Waals surface area contributed by atoms with Gasteiger partial charge in [0.2, 0.25) is 0 Å². The third-order valence-corrected chi connectivity index (χ3v) is 3.21. The lowest BCUT2D eigenvalue weighted by molar-refractivity contribution is -0.139. The van der Waals surface area contributed by atoms with Crippen molar-refractivity contribution in [1.82, 2.24) is 5.32 Å². The molecule has 0 radical (unpaired) electrons. The summed E-state index contributed by atoms with van der Waals surface area (Å²) in [4.78, 5) is 10.7. The number of carboxylic acid groups (broad SMARTS) is 1. The van der Waals surface area contributed by atoms with Crippen LogP contribution in [0.1, 0.15) is 19.3 Å². The van der Waals surface area contributed by atoms with Crippen LogP contribution in [0.4, 0.5) is 0 Å². The Balaban J connectivity index is 1.98. The molecule has 0 aromatic carbocycles. The molecule has 4 heteroatoms. The minimum atomic E-state index is -0.719. The second-order valence-corrected chi connectivity index (χ2v) is 4.09. The van der Waals surface area contributed by atoms with Gasteiger partial charge in [-0.25, -0.2) is 0 Å². The average Bonchev–Trinajstić information content (AvgIpc) is 2.51. The SMILES string of the molecule is O=C(O)C1CC2(CCOCC2)CN1.